The Hall–Kier alpha value is -1.19. The van der Waals surface area contributed by atoms with E-state index in [0.717, 1.165) is 17.0 Å². The van der Waals surface area contributed by atoms with Crippen molar-refractivity contribution in [2.75, 3.05) is 17.8 Å². The first kappa shape index (κ1) is 16.2. The third-order valence-corrected chi connectivity index (χ3v) is 6.14. The second kappa shape index (κ2) is 6.29. The highest BCUT2D eigenvalue weighted by molar-refractivity contribution is 7.90. The normalized spacial score (nSPS) is 17.8. The number of nitrogens with zero attached hydrogens (tertiary/aromatic N) is 2. The lowest BCUT2D eigenvalue weighted by Crippen LogP contribution is -2.42. The Labute approximate surface area is 128 Å². The first-order valence-corrected chi connectivity index (χ1v) is 9.06. The van der Waals surface area contributed by atoms with Crippen molar-refractivity contribution in [2.45, 2.75) is 33.1 Å². The number of carboxylic acids is 1. The summed E-state index contributed by atoms with van der Waals surface area (Å²) in [6.07, 6.45) is 1.44. The molecule has 0 unspecified atom stereocenters. The zero-order valence-corrected chi connectivity index (χ0v) is 13.6. The molecule has 0 atom stereocenters. The minimum absolute atomic E-state index is 0.220. The molecule has 2 heterocycles. The summed E-state index contributed by atoms with van der Waals surface area (Å²) in [5.74, 6) is -1.31. The van der Waals surface area contributed by atoms with Crippen molar-refractivity contribution in [2.24, 2.45) is 5.92 Å². The summed E-state index contributed by atoms with van der Waals surface area (Å²) < 4.78 is 28.3. The van der Waals surface area contributed by atoms with Crippen LogP contribution in [0.1, 0.15) is 30.3 Å². The fourth-order valence-corrected chi connectivity index (χ4v) is 4.64. The van der Waals surface area contributed by atoms with E-state index in [1.165, 1.54) is 15.6 Å². The van der Waals surface area contributed by atoms with Crippen LogP contribution in [0, 0.1) is 12.8 Å². The van der Waals surface area contributed by atoms with Gasteiger partial charge in [0.1, 0.15) is 0 Å². The van der Waals surface area contributed by atoms with Gasteiger partial charge in [0.25, 0.3) is 0 Å². The van der Waals surface area contributed by atoms with Crippen molar-refractivity contribution in [3.05, 3.63) is 10.6 Å². The average molecular weight is 333 g/mol. The van der Waals surface area contributed by atoms with Gasteiger partial charge in [-0.2, -0.15) is 12.7 Å². The number of aliphatic carboxylic acids is 1. The number of hydrogen-bond donors (Lipinski definition) is 2. The van der Waals surface area contributed by atoms with E-state index in [-0.39, 0.29) is 13.1 Å². The van der Waals surface area contributed by atoms with Crippen LogP contribution in [0.5, 0.6) is 0 Å². The molecule has 1 saturated heterocycles. The smallest absolute Gasteiger partial charge is 0.306 e. The predicted molar refractivity (Wildman–Crippen MR) is 80.7 cm³/mol. The van der Waals surface area contributed by atoms with Gasteiger partial charge >= 0.3 is 16.2 Å². The van der Waals surface area contributed by atoms with Crippen molar-refractivity contribution < 1.29 is 18.3 Å². The van der Waals surface area contributed by atoms with Crippen LogP contribution in [-0.2, 0) is 21.4 Å². The number of anilines is 1. The van der Waals surface area contributed by atoms with Gasteiger partial charge in [0, 0.05) is 18.0 Å². The van der Waals surface area contributed by atoms with E-state index in [0.29, 0.717) is 18.0 Å². The van der Waals surface area contributed by atoms with Gasteiger partial charge in [-0.25, -0.2) is 9.71 Å². The summed E-state index contributed by atoms with van der Waals surface area (Å²) in [4.78, 5) is 16.1. The van der Waals surface area contributed by atoms with E-state index >= 15 is 0 Å². The molecule has 21 heavy (non-hydrogen) atoms. The van der Waals surface area contributed by atoms with E-state index in [1.54, 1.807) is 0 Å². The lowest BCUT2D eigenvalue weighted by molar-refractivity contribution is -0.142. The van der Waals surface area contributed by atoms with Crippen LogP contribution in [0.2, 0.25) is 0 Å². The molecule has 9 heteroatoms. The molecule has 0 spiro atoms. The summed E-state index contributed by atoms with van der Waals surface area (Å²) >= 11 is 1.31. The summed E-state index contributed by atoms with van der Waals surface area (Å²) in [6, 6.07) is 0. The summed E-state index contributed by atoms with van der Waals surface area (Å²) in [6.45, 7) is 4.32. The SMILES string of the molecule is CCc1nc(NS(=O)(=O)N2CCC(C(=O)O)CC2)sc1C. The first-order valence-electron chi connectivity index (χ1n) is 6.80. The molecule has 0 radical (unpaired) electrons. The molecule has 1 fully saturated rings. The number of hydrogen-bond acceptors (Lipinski definition) is 5. The Morgan fingerprint density at radius 3 is 2.57 bits per heavy atom. The lowest BCUT2D eigenvalue weighted by atomic mass is 9.99. The highest BCUT2D eigenvalue weighted by Gasteiger charge is 2.31. The van der Waals surface area contributed by atoms with Crippen LogP contribution < -0.4 is 4.72 Å². The number of aromatic nitrogens is 1. The first-order chi connectivity index (χ1) is 9.83. The van der Waals surface area contributed by atoms with Gasteiger partial charge in [-0.15, -0.1) is 11.3 Å². The van der Waals surface area contributed by atoms with E-state index in [9.17, 15) is 13.2 Å². The number of piperidine rings is 1. The molecule has 2 rings (SSSR count). The van der Waals surface area contributed by atoms with Crippen LogP contribution in [-0.4, -0.2) is 41.9 Å². The molecule has 0 aromatic carbocycles. The van der Waals surface area contributed by atoms with Crippen LogP contribution >= 0.6 is 11.3 Å². The third-order valence-electron chi connectivity index (χ3n) is 3.59. The molecule has 1 aliphatic rings. The molecule has 7 nitrogen and oxygen atoms in total. The summed E-state index contributed by atoms with van der Waals surface area (Å²) in [5.41, 5.74) is 0.891. The number of rotatable bonds is 5. The van der Waals surface area contributed by atoms with Gasteiger partial charge in [-0.05, 0) is 26.2 Å². The molecule has 1 aromatic heterocycles. The Balaban J connectivity index is 2.03. The number of carboxylic acid groups (broad SMARTS) is 1. The van der Waals surface area contributed by atoms with Crippen molar-refractivity contribution in [3.8, 4) is 0 Å². The lowest BCUT2D eigenvalue weighted by Gasteiger charge is -2.28. The van der Waals surface area contributed by atoms with E-state index in [1.807, 2.05) is 13.8 Å². The van der Waals surface area contributed by atoms with Crippen molar-refractivity contribution in [1.29, 1.82) is 0 Å². The quantitative estimate of drug-likeness (QED) is 0.850. The van der Waals surface area contributed by atoms with Crippen LogP contribution in [0.15, 0.2) is 0 Å². The van der Waals surface area contributed by atoms with Gasteiger partial charge in [0.05, 0.1) is 11.6 Å². The monoisotopic (exact) mass is 333 g/mol. The molecule has 0 aliphatic carbocycles. The summed E-state index contributed by atoms with van der Waals surface area (Å²) in [5, 5.41) is 9.30. The van der Waals surface area contributed by atoms with Crippen LogP contribution in [0.4, 0.5) is 5.13 Å². The van der Waals surface area contributed by atoms with Crippen LogP contribution in [0.3, 0.4) is 0 Å². The van der Waals surface area contributed by atoms with E-state index < -0.39 is 22.1 Å². The van der Waals surface area contributed by atoms with Gasteiger partial charge in [-0.1, -0.05) is 6.92 Å². The standard InChI is InChI=1S/C12H19N3O4S2/c1-3-10-8(2)20-12(13-10)14-21(18,19)15-6-4-9(5-7-15)11(16)17/h9H,3-7H2,1-2H3,(H,13,14)(H,16,17). The maximum Gasteiger partial charge on any atom is 0.306 e. The Morgan fingerprint density at radius 2 is 2.10 bits per heavy atom. The van der Waals surface area contributed by atoms with Gasteiger partial charge < -0.3 is 5.11 Å². The number of carbonyl (C=O) groups is 1. The average Bonchev–Trinajstić information content (AvgIpc) is 2.78. The Morgan fingerprint density at radius 1 is 1.48 bits per heavy atom. The Kier molecular flexibility index (Phi) is 4.84. The van der Waals surface area contributed by atoms with Crippen molar-refractivity contribution >= 4 is 32.6 Å². The molecule has 2 N–H and O–H groups in total. The molecular weight excluding hydrogens is 314 g/mol. The highest BCUT2D eigenvalue weighted by atomic mass is 32.2. The number of nitrogens with one attached hydrogen (secondary N) is 1. The fraction of sp³-hybridized carbons (Fsp3) is 0.667. The molecule has 118 valence electrons. The largest absolute Gasteiger partial charge is 0.481 e. The molecule has 0 saturated carbocycles. The van der Waals surface area contributed by atoms with E-state index in [4.69, 9.17) is 5.11 Å². The number of aryl methyl sites for hydroxylation is 2. The third kappa shape index (κ3) is 3.72. The van der Waals surface area contributed by atoms with Gasteiger partial charge in [-0.3, -0.25) is 4.79 Å². The molecule has 0 amide bonds. The number of thiazole rings is 1. The second-order valence-corrected chi connectivity index (χ2v) is 7.87. The maximum absolute atomic E-state index is 12.3. The van der Waals surface area contributed by atoms with Crippen molar-refractivity contribution in [3.63, 3.8) is 0 Å². The predicted octanol–water partition coefficient (Wildman–Crippen LogP) is 1.47. The van der Waals surface area contributed by atoms with Crippen molar-refractivity contribution in [1.82, 2.24) is 9.29 Å². The zero-order chi connectivity index (χ0) is 15.6. The highest BCUT2D eigenvalue weighted by Crippen LogP contribution is 2.25. The molecular formula is C12H19N3O4S2. The molecule has 1 aliphatic heterocycles. The fourth-order valence-electron chi connectivity index (χ4n) is 2.32. The zero-order valence-electron chi connectivity index (χ0n) is 12.0. The Bertz CT molecular complexity index is 618. The minimum Gasteiger partial charge on any atom is -0.481 e. The maximum atomic E-state index is 12.3. The second-order valence-electron chi connectivity index (χ2n) is 4.99. The molecule has 0 bridgehead atoms. The summed E-state index contributed by atoms with van der Waals surface area (Å²) in [7, 11) is -3.66. The minimum atomic E-state index is -3.66. The van der Waals surface area contributed by atoms with Gasteiger partial charge in [0.15, 0.2) is 5.13 Å². The van der Waals surface area contributed by atoms with Gasteiger partial charge in [0.2, 0.25) is 0 Å². The van der Waals surface area contributed by atoms with Crippen LogP contribution in [0.25, 0.3) is 0 Å². The molecule has 1 aromatic rings. The topological polar surface area (TPSA) is 99.6 Å². The van der Waals surface area contributed by atoms with E-state index in [2.05, 4.69) is 9.71 Å².